The Morgan fingerprint density at radius 3 is 2.22 bits per heavy atom. The quantitative estimate of drug-likeness (QED) is 0.644. The molecule has 0 aliphatic carbocycles. The zero-order valence-corrected chi connectivity index (χ0v) is 10.7. The van der Waals surface area contributed by atoms with Crippen LogP contribution in [0, 0.1) is 21.4 Å². The Kier molecular flexibility index (Phi) is 4.06. The van der Waals surface area contributed by atoms with Crippen molar-refractivity contribution in [2.24, 2.45) is 11.3 Å². The van der Waals surface area contributed by atoms with Gasteiger partial charge in [-0.2, -0.15) is 0 Å². The SMILES string of the molecule is CC(C)C(C)(Cc1ccc([N+](=O)[O-])cc1)C(=O)O. The molecular formula is C13H17NO4. The zero-order chi connectivity index (χ0) is 13.9. The summed E-state index contributed by atoms with van der Waals surface area (Å²) in [6.07, 6.45) is 0.359. The molecule has 1 rings (SSSR count). The first-order valence-electron chi connectivity index (χ1n) is 5.74. The lowest BCUT2D eigenvalue weighted by Crippen LogP contribution is -2.35. The van der Waals surface area contributed by atoms with Crippen molar-refractivity contribution in [3.8, 4) is 0 Å². The maximum absolute atomic E-state index is 11.3. The van der Waals surface area contributed by atoms with E-state index < -0.39 is 16.3 Å². The normalized spacial score (nSPS) is 14.2. The molecule has 1 aromatic rings. The maximum Gasteiger partial charge on any atom is 0.309 e. The van der Waals surface area contributed by atoms with Crippen molar-refractivity contribution in [1.29, 1.82) is 0 Å². The van der Waals surface area contributed by atoms with E-state index in [4.69, 9.17) is 0 Å². The van der Waals surface area contributed by atoms with Crippen LogP contribution in [0.5, 0.6) is 0 Å². The van der Waals surface area contributed by atoms with Gasteiger partial charge in [-0.05, 0) is 24.8 Å². The van der Waals surface area contributed by atoms with E-state index in [0.717, 1.165) is 5.56 Å². The van der Waals surface area contributed by atoms with Gasteiger partial charge in [-0.3, -0.25) is 14.9 Å². The number of nitro groups is 1. The van der Waals surface area contributed by atoms with Crippen molar-refractivity contribution >= 4 is 11.7 Å². The number of benzene rings is 1. The van der Waals surface area contributed by atoms with Gasteiger partial charge in [-0.15, -0.1) is 0 Å². The first-order valence-corrected chi connectivity index (χ1v) is 5.74. The van der Waals surface area contributed by atoms with E-state index in [-0.39, 0.29) is 11.6 Å². The minimum Gasteiger partial charge on any atom is -0.481 e. The van der Waals surface area contributed by atoms with Gasteiger partial charge in [0.15, 0.2) is 0 Å². The second-order valence-electron chi connectivity index (χ2n) is 4.98. The molecule has 1 atom stereocenters. The molecule has 18 heavy (non-hydrogen) atoms. The number of carboxylic acid groups (broad SMARTS) is 1. The highest BCUT2D eigenvalue weighted by molar-refractivity contribution is 5.75. The van der Waals surface area contributed by atoms with Crippen molar-refractivity contribution < 1.29 is 14.8 Å². The van der Waals surface area contributed by atoms with E-state index in [9.17, 15) is 20.0 Å². The molecule has 0 saturated carbocycles. The number of rotatable bonds is 5. The molecule has 0 amide bonds. The Hall–Kier alpha value is -1.91. The third kappa shape index (κ3) is 2.85. The molecule has 5 heteroatoms. The van der Waals surface area contributed by atoms with Crippen LogP contribution >= 0.6 is 0 Å². The van der Waals surface area contributed by atoms with E-state index in [2.05, 4.69) is 0 Å². The monoisotopic (exact) mass is 251 g/mol. The molecule has 0 aromatic heterocycles. The van der Waals surface area contributed by atoms with Crippen molar-refractivity contribution in [2.75, 3.05) is 0 Å². The third-order valence-corrected chi connectivity index (χ3v) is 3.48. The average Bonchev–Trinajstić information content (AvgIpc) is 2.29. The minimum absolute atomic E-state index is 0.0142. The molecule has 0 aliphatic rings. The van der Waals surface area contributed by atoms with Gasteiger partial charge in [0.1, 0.15) is 0 Å². The van der Waals surface area contributed by atoms with Gasteiger partial charge in [-0.1, -0.05) is 26.0 Å². The first kappa shape index (κ1) is 14.2. The molecule has 0 spiro atoms. The molecule has 0 fully saturated rings. The van der Waals surface area contributed by atoms with Gasteiger partial charge >= 0.3 is 5.97 Å². The van der Waals surface area contributed by atoms with Crippen LogP contribution in [0.1, 0.15) is 26.3 Å². The predicted octanol–water partition coefficient (Wildman–Crippen LogP) is 2.88. The lowest BCUT2D eigenvalue weighted by atomic mass is 9.74. The second-order valence-corrected chi connectivity index (χ2v) is 4.98. The molecule has 0 bridgehead atoms. The highest BCUT2D eigenvalue weighted by atomic mass is 16.6. The predicted molar refractivity (Wildman–Crippen MR) is 67.4 cm³/mol. The van der Waals surface area contributed by atoms with Gasteiger partial charge < -0.3 is 5.11 Å². The number of aliphatic carboxylic acids is 1. The summed E-state index contributed by atoms with van der Waals surface area (Å²) in [5.41, 5.74) is -0.0598. The van der Waals surface area contributed by atoms with Gasteiger partial charge in [0.05, 0.1) is 10.3 Å². The van der Waals surface area contributed by atoms with Gasteiger partial charge in [0.25, 0.3) is 5.69 Å². The maximum atomic E-state index is 11.3. The van der Waals surface area contributed by atoms with E-state index in [1.165, 1.54) is 12.1 Å². The second kappa shape index (κ2) is 5.16. The summed E-state index contributed by atoms with van der Waals surface area (Å²) in [7, 11) is 0. The topological polar surface area (TPSA) is 80.4 Å². The largest absolute Gasteiger partial charge is 0.481 e. The molecule has 5 nitrogen and oxygen atoms in total. The first-order chi connectivity index (χ1) is 8.27. The van der Waals surface area contributed by atoms with Crippen LogP contribution in [-0.4, -0.2) is 16.0 Å². The summed E-state index contributed by atoms with van der Waals surface area (Å²) in [6, 6.07) is 6.03. The highest BCUT2D eigenvalue weighted by Crippen LogP contribution is 2.32. The molecule has 0 saturated heterocycles. The number of nitrogens with zero attached hydrogens (tertiary/aromatic N) is 1. The average molecular weight is 251 g/mol. The lowest BCUT2D eigenvalue weighted by Gasteiger charge is -2.29. The van der Waals surface area contributed by atoms with E-state index in [0.29, 0.717) is 6.42 Å². The number of carbonyl (C=O) groups is 1. The van der Waals surface area contributed by atoms with Crippen molar-refractivity contribution in [1.82, 2.24) is 0 Å². The van der Waals surface area contributed by atoms with Gasteiger partial charge in [-0.25, -0.2) is 0 Å². The van der Waals surface area contributed by atoms with Crippen LogP contribution in [-0.2, 0) is 11.2 Å². The summed E-state index contributed by atoms with van der Waals surface area (Å²) >= 11 is 0. The van der Waals surface area contributed by atoms with Crippen molar-refractivity contribution in [3.63, 3.8) is 0 Å². The van der Waals surface area contributed by atoms with E-state index in [1.807, 2.05) is 13.8 Å². The van der Waals surface area contributed by atoms with Crippen molar-refractivity contribution in [2.45, 2.75) is 27.2 Å². The number of carboxylic acids is 1. The van der Waals surface area contributed by atoms with E-state index in [1.54, 1.807) is 19.1 Å². The van der Waals surface area contributed by atoms with E-state index >= 15 is 0 Å². The van der Waals surface area contributed by atoms with Crippen LogP contribution in [0.2, 0.25) is 0 Å². The number of hydrogen-bond donors (Lipinski definition) is 1. The Labute approximate surface area is 106 Å². The molecule has 0 radical (unpaired) electrons. The molecule has 1 unspecified atom stereocenters. The van der Waals surface area contributed by atoms with Crippen molar-refractivity contribution in [3.05, 3.63) is 39.9 Å². The number of nitro benzene ring substituents is 1. The van der Waals surface area contributed by atoms with Gasteiger partial charge in [0.2, 0.25) is 0 Å². The fraction of sp³-hybridized carbons (Fsp3) is 0.462. The zero-order valence-electron chi connectivity index (χ0n) is 10.7. The van der Waals surface area contributed by atoms with Gasteiger partial charge in [0, 0.05) is 12.1 Å². The minimum atomic E-state index is -0.865. The summed E-state index contributed by atoms with van der Waals surface area (Å²) in [5, 5.41) is 19.8. The summed E-state index contributed by atoms with van der Waals surface area (Å²) < 4.78 is 0. The Morgan fingerprint density at radius 2 is 1.89 bits per heavy atom. The molecular weight excluding hydrogens is 234 g/mol. The number of non-ortho nitro benzene ring substituents is 1. The van der Waals surface area contributed by atoms with Crippen LogP contribution in [0.4, 0.5) is 5.69 Å². The standard InChI is InChI=1S/C13H17NO4/c1-9(2)13(3,12(15)16)8-10-4-6-11(7-5-10)14(17)18/h4-7,9H,8H2,1-3H3,(H,15,16). The third-order valence-electron chi connectivity index (χ3n) is 3.48. The molecule has 0 aliphatic heterocycles. The summed E-state index contributed by atoms with van der Waals surface area (Å²) in [5.74, 6) is -0.874. The fourth-order valence-corrected chi connectivity index (χ4v) is 1.69. The summed E-state index contributed by atoms with van der Waals surface area (Å²) in [4.78, 5) is 21.4. The summed E-state index contributed by atoms with van der Waals surface area (Å²) in [6.45, 7) is 5.42. The van der Waals surface area contributed by atoms with Crippen LogP contribution in [0.25, 0.3) is 0 Å². The molecule has 98 valence electrons. The van der Waals surface area contributed by atoms with Crippen LogP contribution in [0.15, 0.2) is 24.3 Å². The fourth-order valence-electron chi connectivity index (χ4n) is 1.69. The highest BCUT2D eigenvalue weighted by Gasteiger charge is 2.36. The molecule has 0 heterocycles. The van der Waals surface area contributed by atoms with Crippen LogP contribution < -0.4 is 0 Å². The lowest BCUT2D eigenvalue weighted by molar-refractivity contribution is -0.384. The smallest absolute Gasteiger partial charge is 0.309 e. The molecule has 1 N–H and O–H groups in total. The van der Waals surface area contributed by atoms with Crippen LogP contribution in [0.3, 0.4) is 0 Å². The Morgan fingerprint density at radius 1 is 1.39 bits per heavy atom. The Bertz CT molecular complexity index is 453. The molecule has 1 aromatic carbocycles. The Balaban J connectivity index is 2.95. The number of hydrogen-bond acceptors (Lipinski definition) is 3.